The molecule has 70 valence electrons. The van der Waals surface area contributed by atoms with E-state index >= 15 is 0 Å². The fourth-order valence-corrected chi connectivity index (χ4v) is 1.04. The minimum absolute atomic E-state index is 0.333. The van der Waals surface area contributed by atoms with Crippen molar-refractivity contribution in [2.75, 3.05) is 27.4 Å². The van der Waals surface area contributed by atoms with E-state index in [2.05, 4.69) is 0 Å². The van der Waals surface area contributed by atoms with Crippen molar-refractivity contribution in [3.8, 4) is 0 Å². The summed E-state index contributed by atoms with van der Waals surface area (Å²) in [5.41, 5.74) is 0. The molecule has 0 aliphatic carbocycles. The molecule has 1 heterocycles. The number of hydrogen-bond donors (Lipinski definition) is 0. The van der Waals surface area contributed by atoms with E-state index < -0.39 is 6.16 Å². The van der Waals surface area contributed by atoms with Gasteiger partial charge in [0.15, 0.2) is 12.2 Å². The summed E-state index contributed by atoms with van der Waals surface area (Å²) in [5, 5.41) is 0. The average molecular weight is 176 g/mol. The third-order valence-corrected chi connectivity index (χ3v) is 1.57. The lowest BCUT2D eigenvalue weighted by Crippen LogP contribution is -2.30. The normalized spacial score (nSPS) is 28.3. The topological polar surface area (TPSA) is 54.0 Å². The maximum Gasteiger partial charge on any atom is 0.509 e. The highest BCUT2D eigenvalue weighted by Crippen LogP contribution is 2.15. The van der Waals surface area contributed by atoms with E-state index in [-0.39, 0.29) is 12.2 Å². The molecule has 0 aromatic carbocycles. The molecule has 1 aliphatic rings. The van der Waals surface area contributed by atoms with Crippen LogP contribution >= 0.6 is 0 Å². The molecule has 1 fully saturated rings. The maximum absolute atomic E-state index is 10.7. The molecule has 5 nitrogen and oxygen atoms in total. The standard InChI is InChI=1S/C7H12O5/c1-9-3-5-6(4-10-2)12-7(8)11-5/h5-6H,3-4H2,1-2H3/t5-,6-/m1/s1. The Labute approximate surface area is 70.5 Å². The number of carbonyl (C=O) groups excluding carboxylic acids is 1. The lowest BCUT2D eigenvalue weighted by molar-refractivity contribution is 0.0219. The van der Waals surface area contributed by atoms with Crippen molar-refractivity contribution in [3.63, 3.8) is 0 Å². The minimum atomic E-state index is -0.654. The van der Waals surface area contributed by atoms with Crippen molar-refractivity contribution in [2.45, 2.75) is 12.2 Å². The van der Waals surface area contributed by atoms with Crippen molar-refractivity contribution >= 4 is 6.16 Å². The lowest BCUT2D eigenvalue weighted by atomic mass is 10.2. The largest absolute Gasteiger partial charge is 0.509 e. The van der Waals surface area contributed by atoms with Gasteiger partial charge in [0, 0.05) is 14.2 Å². The average Bonchev–Trinajstić information content (AvgIpc) is 2.33. The van der Waals surface area contributed by atoms with Gasteiger partial charge in [0.25, 0.3) is 0 Å². The molecule has 0 saturated carbocycles. The molecule has 0 unspecified atom stereocenters. The molecule has 1 rings (SSSR count). The summed E-state index contributed by atoms with van der Waals surface area (Å²) in [6.07, 6.45) is -1.34. The number of carbonyl (C=O) groups is 1. The fraction of sp³-hybridized carbons (Fsp3) is 0.857. The van der Waals surface area contributed by atoms with Crippen LogP contribution in [0.3, 0.4) is 0 Å². The Bertz CT molecular complexity index is 142. The first-order chi connectivity index (χ1) is 5.77. The van der Waals surface area contributed by atoms with E-state index in [0.717, 1.165) is 0 Å². The molecule has 0 spiro atoms. The molecular formula is C7H12O5. The minimum Gasteiger partial charge on any atom is -0.424 e. The SMILES string of the molecule is COC[C@H]1OC(=O)O[C@@H]1COC. The molecule has 0 amide bonds. The van der Waals surface area contributed by atoms with Gasteiger partial charge in [-0.05, 0) is 0 Å². The number of ether oxygens (including phenoxy) is 4. The van der Waals surface area contributed by atoms with E-state index in [0.29, 0.717) is 13.2 Å². The molecule has 12 heavy (non-hydrogen) atoms. The third kappa shape index (κ3) is 2.09. The summed E-state index contributed by atoms with van der Waals surface area (Å²) in [6, 6.07) is 0. The highest BCUT2D eigenvalue weighted by Gasteiger charge is 2.36. The van der Waals surface area contributed by atoms with Crippen molar-refractivity contribution in [2.24, 2.45) is 0 Å². The van der Waals surface area contributed by atoms with Crippen LogP contribution in [0.4, 0.5) is 4.79 Å². The summed E-state index contributed by atoms with van der Waals surface area (Å²) in [6.45, 7) is 0.666. The zero-order valence-electron chi connectivity index (χ0n) is 7.11. The Morgan fingerprint density at radius 2 is 1.58 bits per heavy atom. The van der Waals surface area contributed by atoms with E-state index in [9.17, 15) is 4.79 Å². The predicted octanol–water partition coefficient (Wildman–Crippen LogP) is 0.183. The van der Waals surface area contributed by atoms with Gasteiger partial charge in [0.1, 0.15) is 0 Å². The summed E-state index contributed by atoms with van der Waals surface area (Å²) < 4.78 is 19.3. The molecule has 5 heteroatoms. The van der Waals surface area contributed by atoms with Gasteiger partial charge in [-0.1, -0.05) is 0 Å². The van der Waals surface area contributed by atoms with Crippen molar-refractivity contribution in [3.05, 3.63) is 0 Å². The molecule has 1 saturated heterocycles. The van der Waals surface area contributed by atoms with Crippen LogP contribution in [0.25, 0.3) is 0 Å². The molecule has 0 aromatic rings. The van der Waals surface area contributed by atoms with Crippen LogP contribution in [0.1, 0.15) is 0 Å². The zero-order chi connectivity index (χ0) is 8.97. The second-order valence-electron chi connectivity index (χ2n) is 2.47. The Morgan fingerprint density at radius 1 is 1.17 bits per heavy atom. The smallest absolute Gasteiger partial charge is 0.424 e. The molecular weight excluding hydrogens is 164 g/mol. The van der Waals surface area contributed by atoms with Gasteiger partial charge in [-0.25, -0.2) is 4.79 Å². The number of rotatable bonds is 4. The van der Waals surface area contributed by atoms with Gasteiger partial charge >= 0.3 is 6.16 Å². The zero-order valence-corrected chi connectivity index (χ0v) is 7.11. The van der Waals surface area contributed by atoms with Gasteiger partial charge in [-0.15, -0.1) is 0 Å². The Morgan fingerprint density at radius 3 is 1.92 bits per heavy atom. The second kappa shape index (κ2) is 4.27. The fourth-order valence-electron chi connectivity index (χ4n) is 1.04. The summed E-state index contributed by atoms with van der Waals surface area (Å²) in [7, 11) is 3.08. The predicted molar refractivity (Wildman–Crippen MR) is 38.9 cm³/mol. The molecule has 1 aliphatic heterocycles. The highest BCUT2D eigenvalue weighted by molar-refractivity contribution is 5.62. The van der Waals surface area contributed by atoms with Crippen molar-refractivity contribution in [1.29, 1.82) is 0 Å². The first-order valence-electron chi connectivity index (χ1n) is 3.63. The summed E-state index contributed by atoms with van der Waals surface area (Å²) in [4.78, 5) is 10.7. The van der Waals surface area contributed by atoms with E-state index in [1.165, 1.54) is 14.2 Å². The van der Waals surface area contributed by atoms with Gasteiger partial charge in [-0.2, -0.15) is 0 Å². The van der Waals surface area contributed by atoms with E-state index in [1.807, 2.05) is 0 Å². The van der Waals surface area contributed by atoms with E-state index in [4.69, 9.17) is 18.9 Å². The quantitative estimate of drug-likeness (QED) is 0.572. The van der Waals surface area contributed by atoms with Crippen molar-refractivity contribution < 1.29 is 23.7 Å². The van der Waals surface area contributed by atoms with Gasteiger partial charge in [-0.3, -0.25) is 0 Å². The van der Waals surface area contributed by atoms with Crippen LogP contribution in [-0.2, 0) is 18.9 Å². The Kier molecular flexibility index (Phi) is 3.31. The molecule has 0 bridgehead atoms. The molecule has 0 radical (unpaired) electrons. The third-order valence-electron chi connectivity index (χ3n) is 1.57. The summed E-state index contributed by atoms with van der Waals surface area (Å²) >= 11 is 0. The maximum atomic E-state index is 10.7. The van der Waals surface area contributed by atoms with E-state index in [1.54, 1.807) is 0 Å². The second-order valence-corrected chi connectivity index (χ2v) is 2.47. The van der Waals surface area contributed by atoms with Crippen LogP contribution < -0.4 is 0 Å². The van der Waals surface area contributed by atoms with Crippen LogP contribution in [0.5, 0.6) is 0 Å². The van der Waals surface area contributed by atoms with Crippen LogP contribution in [0, 0.1) is 0 Å². The first-order valence-corrected chi connectivity index (χ1v) is 3.63. The van der Waals surface area contributed by atoms with Gasteiger partial charge in [0.2, 0.25) is 0 Å². The Hall–Kier alpha value is -0.810. The number of methoxy groups -OCH3 is 2. The lowest BCUT2D eigenvalue weighted by Gasteiger charge is -2.12. The van der Waals surface area contributed by atoms with Gasteiger partial charge in [0.05, 0.1) is 13.2 Å². The van der Waals surface area contributed by atoms with Gasteiger partial charge < -0.3 is 18.9 Å². The van der Waals surface area contributed by atoms with Crippen LogP contribution in [-0.4, -0.2) is 45.8 Å². The first kappa shape index (κ1) is 9.28. The highest BCUT2D eigenvalue weighted by atomic mass is 16.8. The number of hydrogen-bond acceptors (Lipinski definition) is 5. The summed E-state index contributed by atoms with van der Waals surface area (Å²) in [5.74, 6) is 0. The molecule has 0 N–H and O–H groups in total. The van der Waals surface area contributed by atoms with Crippen molar-refractivity contribution in [1.82, 2.24) is 0 Å². The monoisotopic (exact) mass is 176 g/mol. The molecule has 0 aromatic heterocycles. The van der Waals surface area contributed by atoms with Crippen LogP contribution in [0.2, 0.25) is 0 Å². The molecule has 2 atom stereocenters. The number of cyclic esters (lactones) is 2. The Balaban J connectivity index is 2.41. The van der Waals surface area contributed by atoms with Crippen LogP contribution in [0.15, 0.2) is 0 Å².